The second kappa shape index (κ2) is 5.27. The zero-order valence-electron chi connectivity index (χ0n) is 10.4. The molecule has 0 radical (unpaired) electrons. The molecule has 96 valence electrons. The minimum Gasteiger partial charge on any atom is -0.495 e. The highest BCUT2D eigenvalue weighted by Crippen LogP contribution is 2.29. The molecule has 0 spiro atoms. The summed E-state index contributed by atoms with van der Waals surface area (Å²) in [5.74, 6) is 1.09. The Morgan fingerprint density at radius 3 is 2.78 bits per heavy atom. The fraction of sp³-hybridized carbons (Fsp3) is 0.333. The van der Waals surface area contributed by atoms with Crippen molar-refractivity contribution in [3.05, 3.63) is 29.7 Å². The van der Waals surface area contributed by atoms with Crippen molar-refractivity contribution in [2.24, 2.45) is 0 Å². The first-order valence-electron chi connectivity index (χ1n) is 5.49. The summed E-state index contributed by atoms with van der Waals surface area (Å²) >= 11 is 5.85. The van der Waals surface area contributed by atoms with Crippen molar-refractivity contribution in [2.75, 3.05) is 12.4 Å². The maximum Gasteiger partial charge on any atom is 0.320 e. The van der Waals surface area contributed by atoms with E-state index in [2.05, 4.69) is 15.5 Å². The number of ether oxygens (including phenoxy) is 1. The van der Waals surface area contributed by atoms with Crippen LogP contribution in [0.3, 0.4) is 0 Å². The number of benzene rings is 1. The Morgan fingerprint density at radius 2 is 2.17 bits per heavy atom. The second-order valence-electron chi connectivity index (χ2n) is 3.89. The largest absolute Gasteiger partial charge is 0.495 e. The van der Waals surface area contributed by atoms with Gasteiger partial charge in [-0.3, -0.25) is 0 Å². The van der Waals surface area contributed by atoms with Crippen LogP contribution in [0, 0.1) is 6.92 Å². The molecule has 1 aromatic carbocycles. The monoisotopic (exact) mass is 267 g/mol. The number of alkyl halides is 1. The van der Waals surface area contributed by atoms with Gasteiger partial charge in [0, 0.05) is 0 Å². The molecular formula is C12H14ClN3O2. The van der Waals surface area contributed by atoms with E-state index in [9.17, 15) is 0 Å². The minimum absolute atomic E-state index is 0.293. The van der Waals surface area contributed by atoms with Crippen molar-refractivity contribution in [1.82, 2.24) is 10.2 Å². The highest BCUT2D eigenvalue weighted by Gasteiger charge is 2.12. The number of rotatable bonds is 4. The SMILES string of the molecule is COc1ccc(C)cc1Nc1nnc(C(C)Cl)o1. The molecule has 0 aliphatic carbocycles. The van der Waals surface area contributed by atoms with E-state index in [4.69, 9.17) is 20.8 Å². The molecule has 6 heteroatoms. The summed E-state index contributed by atoms with van der Waals surface area (Å²) in [6.45, 7) is 3.76. The highest BCUT2D eigenvalue weighted by atomic mass is 35.5. The third-order valence-electron chi connectivity index (χ3n) is 2.38. The van der Waals surface area contributed by atoms with Crippen LogP contribution in [0.15, 0.2) is 22.6 Å². The lowest BCUT2D eigenvalue weighted by Gasteiger charge is -2.08. The molecule has 0 saturated heterocycles. The summed E-state index contributed by atoms with van der Waals surface area (Å²) in [5, 5.41) is 10.4. The lowest BCUT2D eigenvalue weighted by Crippen LogP contribution is -1.95. The van der Waals surface area contributed by atoms with Crippen molar-refractivity contribution in [3.63, 3.8) is 0 Å². The summed E-state index contributed by atoms with van der Waals surface area (Å²) in [5.41, 5.74) is 1.87. The van der Waals surface area contributed by atoms with Gasteiger partial charge < -0.3 is 14.5 Å². The predicted molar refractivity (Wildman–Crippen MR) is 69.6 cm³/mol. The summed E-state index contributed by atoms with van der Waals surface area (Å²) in [7, 11) is 1.61. The molecule has 0 amide bonds. The summed E-state index contributed by atoms with van der Waals surface area (Å²) in [4.78, 5) is 0. The maximum atomic E-state index is 5.85. The molecule has 0 aliphatic rings. The Morgan fingerprint density at radius 1 is 1.39 bits per heavy atom. The third-order valence-corrected chi connectivity index (χ3v) is 2.56. The number of anilines is 2. The average molecular weight is 268 g/mol. The standard InChI is InChI=1S/C12H14ClN3O2/c1-7-4-5-10(17-3)9(6-7)14-12-16-15-11(18-12)8(2)13/h4-6,8H,1-3H3,(H,14,16). The summed E-state index contributed by atoms with van der Waals surface area (Å²) in [6.07, 6.45) is 0. The Bertz CT molecular complexity index is 540. The smallest absolute Gasteiger partial charge is 0.320 e. The van der Waals surface area contributed by atoms with Gasteiger partial charge in [0.15, 0.2) is 0 Å². The normalized spacial score (nSPS) is 12.2. The van der Waals surface area contributed by atoms with Gasteiger partial charge in [-0.1, -0.05) is 11.2 Å². The quantitative estimate of drug-likeness (QED) is 0.860. The van der Waals surface area contributed by atoms with Crippen LogP contribution < -0.4 is 10.1 Å². The van der Waals surface area contributed by atoms with Gasteiger partial charge in [0.25, 0.3) is 0 Å². The van der Waals surface area contributed by atoms with E-state index in [0.29, 0.717) is 17.7 Å². The van der Waals surface area contributed by atoms with Gasteiger partial charge in [0.1, 0.15) is 11.1 Å². The number of hydrogen-bond acceptors (Lipinski definition) is 5. The third kappa shape index (κ3) is 2.73. The molecule has 2 aromatic rings. The number of nitrogens with one attached hydrogen (secondary N) is 1. The first-order valence-corrected chi connectivity index (χ1v) is 5.93. The number of nitrogens with zero attached hydrogens (tertiary/aromatic N) is 2. The van der Waals surface area contributed by atoms with Crippen LogP contribution in [0.4, 0.5) is 11.7 Å². The van der Waals surface area contributed by atoms with Gasteiger partial charge >= 0.3 is 6.01 Å². The van der Waals surface area contributed by atoms with E-state index in [1.807, 2.05) is 25.1 Å². The number of halogens is 1. The number of aryl methyl sites for hydroxylation is 1. The van der Waals surface area contributed by atoms with Crippen LogP contribution in [0.1, 0.15) is 23.8 Å². The van der Waals surface area contributed by atoms with Crippen LogP contribution in [0.2, 0.25) is 0 Å². The zero-order chi connectivity index (χ0) is 13.1. The van der Waals surface area contributed by atoms with Crippen molar-refractivity contribution in [3.8, 4) is 5.75 Å². The van der Waals surface area contributed by atoms with Gasteiger partial charge in [0.2, 0.25) is 5.89 Å². The number of methoxy groups -OCH3 is 1. The average Bonchev–Trinajstić information content (AvgIpc) is 2.78. The molecule has 18 heavy (non-hydrogen) atoms. The first-order chi connectivity index (χ1) is 8.60. The molecule has 5 nitrogen and oxygen atoms in total. The summed E-state index contributed by atoms with van der Waals surface area (Å²) < 4.78 is 10.6. The van der Waals surface area contributed by atoms with Gasteiger partial charge in [-0.15, -0.1) is 16.7 Å². The van der Waals surface area contributed by atoms with E-state index >= 15 is 0 Å². The van der Waals surface area contributed by atoms with Crippen LogP contribution in [0.25, 0.3) is 0 Å². The Labute approximate surface area is 110 Å². The van der Waals surface area contributed by atoms with E-state index in [1.165, 1.54) is 0 Å². The molecule has 1 aromatic heterocycles. The van der Waals surface area contributed by atoms with Crippen LogP contribution in [-0.4, -0.2) is 17.3 Å². The van der Waals surface area contributed by atoms with Gasteiger partial charge in [-0.05, 0) is 31.5 Å². The molecule has 2 rings (SSSR count). The minimum atomic E-state index is -0.313. The van der Waals surface area contributed by atoms with E-state index in [-0.39, 0.29) is 5.38 Å². The molecule has 1 atom stereocenters. The lowest BCUT2D eigenvalue weighted by atomic mass is 10.2. The van der Waals surface area contributed by atoms with Crippen LogP contribution in [0.5, 0.6) is 5.75 Å². The van der Waals surface area contributed by atoms with Gasteiger partial charge in [-0.25, -0.2) is 0 Å². The van der Waals surface area contributed by atoms with E-state index < -0.39 is 0 Å². The van der Waals surface area contributed by atoms with E-state index in [0.717, 1.165) is 11.3 Å². The molecule has 0 saturated carbocycles. The topological polar surface area (TPSA) is 60.2 Å². The lowest BCUT2D eigenvalue weighted by molar-refractivity contribution is 0.416. The first kappa shape index (κ1) is 12.7. The second-order valence-corrected chi connectivity index (χ2v) is 4.54. The molecule has 0 bridgehead atoms. The van der Waals surface area contributed by atoms with Gasteiger partial charge in [-0.2, -0.15) is 0 Å². The molecule has 1 N–H and O–H groups in total. The van der Waals surface area contributed by atoms with Crippen molar-refractivity contribution < 1.29 is 9.15 Å². The zero-order valence-corrected chi connectivity index (χ0v) is 11.2. The van der Waals surface area contributed by atoms with E-state index in [1.54, 1.807) is 14.0 Å². The molecule has 1 heterocycles. The summed E-state index contributed by atoms with van der Waals surface area (Å²) in [6, 6.07) is 6.07. The van der Waals surface area contributed by atoms with Crippen molar-refractivity contribution in [1.29, 1.82) is 0 Å². The molecular weight excluding hydrogens is 254 g/mol. The molecule has 0 fully saturated rings. The van der Waals surface area contributed by atoms with Crippen molar-refractivity contribution in [2.45, 2.75) is 19.2 Å². The fourth-order valence-corrected chi connectivity index (χ4v) is 1.57. The highest BCUT2D eigenvalue weighted by molar-refractivity contribution is 6.20. The Kier molecular flexibility index (Phi) is 3.72. The number of aromatic nitrogens is 2. The maximum absolute atomic E-state index is 5.85. The van der Waals surface area contributed by atoms with Crippen molar-refractivity contribution >= 4 is 23.3 Å². The van der Waals surface area contributed by atoms with Crippen LogP contribution >= 0.6 is 11.6 Å². The fourth-order valence-electron chi connectivity index (χ4n) is 1.48. The van der Waals surface area contributed by atoms with Gasteiger partial charge in [0.05, 0.1) is 12.8 Å². The molecule has 1 unspecified atom stereocenters. The Balaban J connectivity index is 2.24. The number of hydrogen-bond donors (Lipinski definition) is 1. The Hall–Kier alpha value is -1.75. The molecule has 0 aliphatic heterocycles. The predicted octanol–water partition coefficient (Wildman–Crippen LogP) is 3.43. The van der Waals surface area contributed by atoms with Crippen LogP contribution in [-0.2, 0) is 0 Å².